The number of hydrogen-bond donors (Lipinski definition) is 1. The van der Waals surface area contributed by atoms with Gasteiger partial charge in [-0.05, 0) is 87.7 Å². The Morgan fingerprint density at radius 1 is 1.09 bits per heavy atom. The first-order chi connectivity index (χ1) is 15.4. The number of aromatic nitrogens is 1. The molecule has 0 spiro atoms. The number of carbonyl (C=O) groups is 1. The number of hydrogen-bond acceptors (Lipinski definition) is 4. The molecule has 9 heteroatoms. The van der Waals surface area contributed by atoms with Crippen molar-refractivity contribution in [1.82, 2.24) is 10.3 Å². The van der Waals surface area contributed by atoms with Crippen molar-refractivity contribution in [2.75, 3.05) is 12.3 Å². The van der Waals surface area contributed by atoms with E-state index in [1.807, 2.05) is 0 Å². The molecule has 0 saturated heterocycles. The molecule has 4 rings (SSSR count). The zero-order valence-corrected chi connectivity index (χ0v) is 20.1. The van der Waals surface area contributed by atoms with Crippen LogP contribution in [0.2, 0.25) is 0 Å². The minimum atomic E-state index is -4.56. The van der Waals surface area contributed by atoms with Gasteiger partial charge >= 0.3 is 6.18 Å². The van der Waals surface area contributed by atoms with Gasteiger partial charge in [0.05, 0.1) is 22.3 Å². The highest BCUT2D eigenvalue weighted by Crippen LogP contribution is 2.49. The van der Waals surface area contributed by atoms with E-state index in [0.717, 1.165) is 38.2 Å². The second-order valence-corrected chi connectivity index (χ2v) is 12.9. The SMILES string of the molecule is Cc1cc(C(F)(F)F)nc(C)c1C(=O)NCC1(CC2CC2)CCC(S(=O)(=O)CC2CC2)CC1. The first-order valence-corrected chi connectivity index (χ1v) is 13.7. The van der Waals surface area contributed by atoms with Gasteiger partial charge in [0.15, 0.2) is 9.84 Å². The maximum absolute atomic E-state index is 13.0. The second-order valence-electron chi connectivity index (χ2n) is 10.6. The van der Waals surface area contributed by atoms with Crippen molar-refractivity contribution in [3.63, 3.8) is 0 Å². The van der Waals surface area contributed by atoms with Crippen LogP contribution in [0.3, 0.4) is 0 Å². The van der Waals surface area contributed by atoms with E-state index in [0.29, 0.717) is 37.0 Å². The highest BCUT2D eigenvalue weighted by atomic mass is 32.2. The van der Waals surface area contributed by atoms with Crippen LogP contribution in [0.1, 0.15) is 85.1 Å². The van der Waals surface area contributed by atoms with E-state index in [1.54, 1.807) is 0 Å². The van der Waals surface area contributed by atoms with Crippen molar-refractivity contribution in [3.05, 3.63) is 28.6 Å². The van der Waals surface area contributed by atoms with E-state index in [4.69, 9.17) is 0 Å². The van der Waals surface area contributed by atoms with Gasteiger partial charge in [0.25, 0.3) is 5.91 Å². The third-order valence-corrected chi connectivity index (χ3v) is 10.0. The molecule has 0 aromatic carbocycles. The van der Waals surface area contributed by atoms with Gasteiger partial charge in [-0.2, -0.15) is 13.2 Å². The van der Waals surface area contributed by atoms with E-state index < -0.39 is 27.6 Å². The Morgan fingerprint density at radius 2 is 1.70 bits per heavy atom. The Labute approximate surface area is 193 Å². The number of alkyl halides is 3. The Balaban J connectivity index is 1.43. The summed E-state index contributed by atoms with van der Waals surface area (Å²) in [6.45, 7) is 3.33. The molecule has 3 aliphatic rings. The van der Waals surface area contributed by atoms with E-state index in [9.17, 15) is 26.4 Å². The van der Waals surface area contributed by atoms with Crippen molar-refractivity contribution >= 4 is 15.7 Å². The van der Waals surface area contributed by atoms with Crippen LogP contribution in [0.15, 0.2) is 6.07 Å². The van der Waals surface area contributed by atoms with E-state index in [-0.39, 0.29) is 27.5 Å². The summed E-state index contributed by atoms with van der Waals surface area (Å²) in [5.41, 5.74) is -0.650. The number of amides is 1. The Morgan fingerprint density at radius 3 is 2.21 bits per heavy atom. The number of carbonyl (C=O) groups excluding carboxylic acids is 1. The van der Waals surface area contributed by atoms with Crippen LogP contribution in [0, 0.1) is 31.1 Å². The van der Waals surface area contributed by atoms with E-state index in [1.165, 1.54) is 26.7 Å². The summed E-state index contributed by atoms with van der Waals surface area (Å²) in [4.78, 5) is 16.6. The Bertz CT molecular complexity index is 983. The molecule has 1 amide bonds. The molecule has 1 aromatic heterocycles. The Kier molecular flexibility index (Phi) is 6.57. The lowest BCUT2D eigenvalue weighted by atomic mass is 9.70. The van der Waals surface area contributed by atoms with Gasteiger partial charge in [0.2, 0.25) is 0 Å². The first kappa shape index (κ1) is 24.5. The molecule has 0 atom stereocenters. The van der Waals surface area contributed by atoms with Gasteiger partial charge in [-0.3, -0.25) is 4.79 Å². The van der Waals surface area contributed by atoms with Crippen molar-refractivity contribution in [2.24, 2.45) is 17.3 Å². The highest BCUT2D eigenvalue weighted by Gasteiger charge is 2.44. The minimum absolute atomic E-state index is 0.0611. The monoisotopic (exact) mass is 486 g/mol. The summed E-state index contributed by atoms with van der Waals surface area (Å²) in [5.74, 6) is 0.864. The average molecular weight is 487 g/mol. The molecule has 1 aromatic rings. The number of aryl methyl sites for hydroxylation is 2. The van der Waals surface area contributed by atoms with Crippen LogP contribution in [0.4, 0.5) is 13.2 Å². The van der Waals surface area contributed by atoms with Gasteiger partial charge in [-0.25, -0.2) is 13.4 Å². The van der Waals surface area contributed by atoms with Crippen LogP contribution in [0.5, 0.6) is 0 Å². The molecular weight excluding hydrogens is 453 g/mol. The van der Waals surface area contributed by atoms with Crippen LogP contribution in [-0.2, 0) is 16.0 Å². The smallest absolute Gasteiger partial charge is 0.351 e. The zero-order valence-electron chi connectivity index (χ0n) is 19.3. The Hall–Kier alpha value is -1.64. The van der Waals surface area contributed by atoms with Crippen LogP contribution >= 0.6 is 0 Å². The molecule has 1 heterocycles. The fraction of sp³-hybridized carbons (Fsp3) is 0.750. The van der Waals surface area contributed by atoms with Crippen molar-refractivity contribution < 1.29 is 26.4 Å². The molecule has 0 bridgehead atoms. The maximum atomic E-state index is 13.0. The molecule has 3 aliphatic carbocycles. The minimum Gasteiger partial charge on any atom is -0.351 e. The average Bonchev–Trinajstić information content (AvgIpc) is 3.63. The molecule has 0 aliphatic heterocycles. The number of nitrogens with one attached hydrogen (secondary N) is 1. The van der Waals surface area contributed by atoms with Crippen molar-refractivity contribution in [2.45, 2.75) is 83.1 Å². The van der Waals surface area contributed by atoms with Crippen LogP contribution in [0.25, 0.3) is 0 Å². The van der Waals surface area contributed by atoms with Crippen LogP contribution in [-0.4, -0.2) is 36.9 Å². The molecule has 0 radical (unpaired) electrons. The van der Waals surface area contributed by atoms with Gasteiger partial charge < -0.3 is 5.32 Å². The molecule has 3 fully saturated rings. The largest absolute Gasteiger partial charge is 0.433 e. The van der Waals surface area contributed by atoms with E-state index in [2.05, 4.69) is 10.3 Å². The third kappa shape index (κ3) is 5.89. The summed E-state index contributed by atoms with van der Waals surface area (Å²) in [6, 6.07) is 0.914. The lowest BCUT2D eigenvalue weighted by Gasteiger charge is -2.40. The molecule has 1 N–H and O–H groups in total. The zero-order chi connectivity index (χ0) is 24.0. The summed E-state index contributed by atoms with van der Waals surface area (Å²) in [5, 5.41) is 2.68. The number of pyridine rings is 1. The number of halogens is 3. The van der Waals surface area contributed by atoms with Crippen molar-refractivity contribution in [3.8, 4) is 0 Å². The molecule has 0 unspecified atom stereocenters. The topological polar surface area (TPSA) is 76.1 Å². The van der Waals surface area contributed by atoms with E-state index >= 15 is 0 Å². The highest BCUT2D eigenvalue weighted by molar-refractivity contribution is 7.92. The number of sulfone groups is 1. The number of rotatable bonds is 8. The fourth-order valence-corrected chi connectivity index (χ4v) is 7.59. The van der Waals surface area contributed by atoms with Gasteiger partial charge in [0.1, 0.15) is 5.69 Å². The predicted octanol–water partition coefficient (Wildman–Crippen LogP) is 5.00. The van der Waals surface area contributed by atoms with Gasteiger partial charge in [0, 0.05) is 6.54 Å². The van der Waals surface area contributed by atoms with Crippen LogP contribution < -0.4 is 5.32 Å². The third-order valence-electron chi connectivity index (χ3n) is 7.62. The molecule has 3 saturated carbocycles. The summed E-state index contributed by atoms with van der Waals surface area (Å²) >= 11 is 0. The molecule has 33 heavy (non-hydrogen) atoms. The fourth-order valence-electron chi connectivity index (χ4n) is 5.38. The quantitative estimate of drug-likeness (QED) is 0.561. The standard InChI is InChI=1S/C24H33F3N2O3S/c1-15-11-20(24(25,26)27)29-16(2)21(15)22(30)28-14-23(12-17-3-4-17)9-7-19(8-10-23)33(31,32)13-18-5-6-18/h11,17-19H,3-10,12-14H2,1-2H3,(H,28,30). The number of nitrogens with zero attached hydrogens (tertiary/aromatic N) is 1. The first-order valence-electron chi connectivity index (χ1n) is 11.9. The normalized spacial score (nSPS) is 26.3. The van der Waals surface area contributed by atoms with Crippen molar-refractivity contribution in [1.29, 1.82) is 0 Å². The summed E-state index contributed by atoms with van der Waals surface area (Å²) in [6.07, 6.45) is 3.52. The lowest BCUT2D eigenvalue weighted by Crippen LogP contribution is -2.43. The molecular formula is C24H33F3N2O3S. The van der Waals surface area contributed by atoms with Gasteiger partial charge in [-0.15, -0.1) is 0 Å². The summed E-state index contributed by atoms with van der Waals surface area (Å²) in [7, 11) is -3.07. The summed E-state index contributed by atoms with van der Waals surface area (Å²) < 4.78 is 64.6. The lowest BCUT2D eigenvalue weighted by molar-refractivity contribution is -0.141. The molecule has 184 valence electrons. The van der Waals surface area contributed by atoms with Gasteiger partial charge in [-0.1, -0.05) is 12.8 Å². The maximum Gasteiger partial charge on any atom is 0.433 e. The molecule has 5 nitrogen and oxygen atoms in total. The predicted molar refractivity (Wildman–Crippen MR) is 120 cm³/mol. The second kappa shape index (κ2) is 8.86.